The van der Waals surface area contributed by atoms with Gasteiger partial charge in [0.1, 0.15) is 5.75 Å². The summed E-state index contributed by atoms with van der Waals surface area (Å²) in [5.74, 6) is 0.205. The van der Waals surface area contributed by atoms with E-state index in [1.165, 1.54) is 24.3 Å². The van der Waals surface area contributed by atoms with Gasteiger partial charge in [-0.25, -0.2) is 8.42 Å². The molecule has 8 heteroatoms. The van der Waals surface area contributed by atoms with Gasteiger partial charge in [0.2, 0.25) is 0 Å². The lowest BCUT2D eigenvalue weighted by Crippen LogP contribution is -2.20. The summed E-state index contributed by atoms with van der Waals surface area (Å²) in [7, 11) is -3.74. The van der Waals surface area contributed by atoms with Crippen LogP contribution < -0.4 is 14.8 Å². The summed E-state index contributed by atoms with van der Waals surface area (Å²) < 4.78 is 33.3. The smallest absolute Gasteiger partial charge is 0.262 e. The Hall–Kier alpha value is -3.03. The van der Waals surface area contributed by atoms with E-state index in [9.17, 15) is 13.2 Å². The number of rotatable bonds is 7. The second-order valence-electron chi connectivity index (χ2n) is 7.18. The van der Waals surface area contributed by atoms with E-state index in [2.05, 4.69) is 10.0 Å². The van der Waals surface area contributed by atoms with E-state index in [4.69, 9.17) is 16.3 Å². The van der Waals surface area contributed by atoms with Crippen molar-refractivity contribution >= 4 is 38.9 Å². The average Bonchev–Trinajstić information content (AvgIpc) is 2.70. The highest BCUT2D eigenvalue weighted by Gasteiger charge is 2.15. The molecule has 0 unspecified atom stereocenters. The molecule has 0 aromatic heterocycles. The van der Waals surface area contributed by atoms with Gasteiger partial charge in [-0.2, -0.15) is 0 Å². The van der Waals surface area contributed by atoms with Crippen molar-refractivity contribution in [3.63, 3.8) is 0 Å². The van der Waals surface area contributed by atoms with Gasteiger partial charge < -0.3 is 10.1 Å². The van der Waals surface area contributed by atoms with Gasteiger partial charge in [-0.3, -0.25) is 9.52 Å². The van der Waals surface area contributed by atoms with Gasteiger partial charge in [0.15, 0.2) is 6.61 Å². The van der Waals surface area contributed by atoms with Crippen LogP contribution in [0.5, 0.6) is 5.75 Å². The minimum absolute atomic E-state index is 0.0942. The zero-order chi connectivity index (χ0) is 22.6. The maximum Gasteiger partial charge on any atom is 0.262 e. The Morgan fingerprint density at radius 1 is 0.871 bits per heavy atom. The van der Waals surface area contributed by atoms with Crippen molar-refractivity contribution < 1.29 is 17.9 Å². The third-order valence-electron chi connectivity index (χ3n) is 4.70. The number of benzene rings is 3. The van der Waals surface area contributed by atoms with Crippen LogP contribution in [-0.2, 0) is 14.8 Å². The number of aryl methyl sites for hydroxylation is 3. The second-order valence-corrected chi connectivity index (χ2v) is 9.29. The molecule has 0 aliphatic heterocycles. The zero-order valence-electron chi connectivity index (χ0n) is 17.4. The average molecular weight is 459 g/mol. The van der Waals surface area contributed by atoms with E-state index in [0.29, 0.717) is 22.1 Å². The first-order valence-corrected chi connectivity index (χ1v) is 11.4. The fraction of sp³-hybridized carbons (Fsp3) is 0.174. The quantitative estimate of drug-likeness (QED) is 0.516. The molecular weight excluding hydrogens is 436 g/mol. The maximum absolute atomic E-state index is 12.6. The van der Waals surface area contributed by atoms with Gasteiger partial charge in [-0.1, -0.05) is 17.7 Å². The predicted octanol–water partition coefficient (Wildman–Crippen LogP) is 5.08. The van der Waals surface area contributed by atoms with Gasteiger partial charge in [0, 0.05) is 16.4 Å². The molecule has 2 N–H and O–H groups in total. The second kappa shape index (κ2) is 9.41. The largest absolute Gasteiger partial charge is 0.483 e. The molecule has 0 atom stereocenters. The van der Waals surface area contributed by atoms with Gasteiger partial charge in [0.05, 0.1) is 4.90 Å². The van der Waals surface area contributed by atoms with Crippen LogP contribution in [0.1, 0.15) is 16.7 Å². The standard InChI is InChI=1S/C23H23ClN2O4S/c1-15-4-6-20(13-16(15)2)26-31(28,29)21-9-7-19(8-10-21)25-23(27)14-30-22-11-5-18(24)12-17(22)3/h4-13,26H,14H2,1-3H3,(H,25,27). The molecule has 162 valence electrons. The van der Waals surface area contributed by atoms with Crippen LogP contribution >= 0.6 is 11.6 Å². The first kappa shape index (κ1) is 22.7. The van der Waals surface area contributed by atoms with E-state index in [1.807, 2.05) is 26.8 Å². The lowest BCUT2D eigenvalue weighted by molar-refractivity contribution is -0.118. The van der Waals surface area contributed by atoms with E-state index in [-0.39, 0.29) is 17.4 Å². The molecule has 6 nitrogen and oxygen atoms in total. The lowest BCUT2D eigenvalue weighted by Gasteiger charge is -2.11. The lowest BCUT2D eigenvalue weighted by atomic mass is 10.1. The summed E-state index contributed by atoms with van der Waals surface area (Å²) in [6.45, 7) is 5.53. The fourth-order valence-electron chi connectivity index (χ4n) is 2.85. The Morgan fingerprint density at radius 3 is 2.19 bits per heavy atom. The minimum atomic E-state index is -3.74. The molecule has 0 saturated heterocycles. The molecule has 3 aromatic rings. The van der Waals surface area contributed by atoms with E-state index in [0.717, 1.165) is 16.7 Å². The molecule has 0 fully saturated rings. The molecule has 0 radical (unpaired) electrons. The van der Waals surface area contributed by atoms with Crippen LogP contribution in [0.2, 0.25) is 5.02 Å². The van der Waals surface area contributed by atoms with Crippen molar-refractivity contribution in [2.24, 2.45) is 0 Å². The molecule has 3 aromatic carbocycles. The number of ether oxygens (including phenoxy) is 1. The molecule has 0 aliphatic carbocycles. The third kappa shape index (κ3) is 5.99. The number of amides is 1. The van der Waals surface area contributed by atoms with Crippen LogP contribution in [-0.4, -0.2) is 20.9 Å². The molecule has 31 heavy (non-hydrogen) atoms. The number of sulfonamides is 1. The Labute approximate surface area is 187 Å². The van der Waals surface area contributed by atoms with Crippen molar-refractivity contribution in [2.45, 2.75) is 25.7 Å². The molecule has 0 heterocycles. The number of carbonyl (C=O) groups is 1. The Bertz CT molecular complexity index is 1210. The number of hydrogen-bond acceptors (Lipinski definition) is 4. The van der Waals surface area contributed by atoms with E-state index >= 15 is 0 Å². The van der Waals surface area contributed by atoms with Crippen molar-refractivity contribution in [3.8, 4) is 5.75 Å². The highest BCUT2D eigenvalue weighted by molar-refractivity contribution is 7.92. The fourth-order valence-corrected chi connectivity index (χ4v) is 4.13. The highest BCUT2D eigenvalue weighted by Crippen LogP contribution is 2.22. The molecule has 1 amide bonds. The van der Waals surface area contributed by atoms with E-state index in [1.54, 1.807) is 30.3 Å². The van der Waals surface area contributed by atoms with Crippen molar-refractivity contribution in [3.05, 3.63) is 82.4 Å². The van der Waals surface area contributed by atoms with Crippen LogP contribution in [0.25, 0.3) is 0 Å². The zero-order valence-corrected chi connectivity index (χ0v) is 19.0. The Morgan fingerprint density at radius 2 is 1.55 bits per heavy atom. The summed E-state index contributed by atoms with van der Waals surface area (Å²) in [6.07, 6.45) is 0. The van der Waals surface area contributed by atoms with E-state index < -0.39 is 10.0 Å². The molecule has 0 bridgehead atoms. The highest BCUT2D eigenvalue weighted by atomic mass is 35.5. The predicted molar refractivity (Wildman–Crippen MR) is 123 cm³/mol. The van der Waals surface area contributed by atoms with Gasteiger partial charge in [-0.05, 0) is 92.1 Å². The molecule has 3 rings (SSSR count). The number of nitrogens with one attached hydrogen (secondary N) is 2. The van der Waals surface area contributed by atoms with Crippen LogP contribution in [0, 0.1) is 20.8 Å². The summed E-state index contributed by atoms with van der Waals surface area (Å²) in [4.78, 5) is 12.2. The monoisotopic (exact) mass is 458 g/mol. The van der Waals surface area contributed by atoms with Crippen molar-refractivity contribution in [2.75, 3.05) is 16.6 Å². The van der Waals surface area contributed by atoms with Crippen molar-refractivity contribution in [1.82, 2.24) is 0 Å². The van der Waals surface area contributed by atoms with Crippen molar-refractivity contribution in [1.29, 1.82) is 0 Å². The number of carbonyl (C=O) groups excluding carboxylic acids is 1. The van der Waals surface area contributed by atoms with Gasteiger partial charge in [-0.15, -0.1) is 0 Å². The molecule has 0 spiro atoms. The summed E-state index contributed by atoms with van der Waals surface area (Å²) >= 11 is 5.91. The topological polar surface area (TPSA) is 84.5 Å². The normalized spacial score (nSPS) is 11.1. The summed E-state index contributed by atoms with van der Waals surface area (Å²) in [6, 6.07) is 16.4. The van der Waals surface area contributed by atoms with Crippen LogP contribution in [0.15, 0.2) is 65.6 Å². The van der Waals surface area contributed by atoms with Gasteiger partial charge >= 0.3 is 0 Å². The van der Waals surface area contributed by atoms with Crippen LogP contribution in [0.4, 0.5) is 11.4 Å². The number of hydrogen-bond donors (Lipinski definition) is 2. The molecule has 0 aliphatic rings. The molecule has 0 saturated carbocycles. The maximum atomic E-state index is 12.6. The minimum Gasteiger partial charge on any atom is -0.483 e. The summed E-state index contributed by atoms with van der Waals surface area (Å²) in [5, 5.41) is 3.27. The van der Waals surface area contributed by atoms with Crippen LogP contribution in [0.3, 0.4) is 0 Å². The molecular formula is C23H23ClN2O4S. The number of halogens is 1. The number of anilines is 2. The third-order valence-corrected chi connectivity index (χ3v) is 6.34. The van der Waals surface area contributed by atoms with Gasteiger partial charge in [0.25, 0.3) is 15.9 Å². The SMILES string of the molecule is Cc1ccc(NS(=O)(=O)c2ccc(NC(=O)COc3ccc(Cl)cc3C)cc2)cc1C. The first-order chi connectivity index (χ1) is 14.6. The Balaban J connectivity index is 1.61. The summed E-state index contributed by atoms with van der Waals surface area (Å²) in [5.41, 5.74) is 3.86. The Kier molecular flexibility index (Phi) is 6.87. The first-order valence-electron chi connectivity index (χ1n) is 9.53.